The minimum Gasteiger partial charge on any atom is -0.478 e. The first-order valence-electron chi connectivity index (χ1n) is 4.27. The molecule has 0 saturated heterocycles. The third-order valence-corrected chi connectivity index (χ3v) is 2.31. The summed E-state index contributed by atoms with van der Waals surface area (Å²) in [5.74, 6) is -0.166. The second kappa shape index (κ2) is 2.88. The molecule has 0 amide bonds. The van der Waals surface area contributed by atoms with Crippen LogP contribution in [0.3, 0.4) is 0 Å². The quantitative estimate of drug-likeness (QED) is 0.737. The Hall–Kier alpha value is -1.29. The highest BCUT2D eigenvalue weighted by atomic mass is 16.4. The lowest BCUT2D eigenvalue weighted by Crippen LogP contribution is -2.05. The van der Waals surface area contributed by atoms with Crippen LogP contribution in [0.5, 0.6) is 0 Å². The van der Waals surface area contributed by atoms with Crippen LogP contribution in [0.2, 0.25) is 0 Å². The van der Waals surface area contributed by atoms with Crippen LogP contribution >= 0.6 is 0 Å². The SMILES string of the molecule is NCc1occ(C2CC2)c1C(=O)O. The largest absolute Gasteiger partial charge is 0.478 e. The first-order chi connectivity index (χ1) is 6.24. The monoisotopic (exact) mass is 181 g/mol. The van der Waals surface area contributed by atoms with E-state index < -0.39 is 5.97 Å². The zero-order valence-electron chi connectivity index (χ0n) is 7.12. The van der Waals surface area contributed by atoms with Crippen molar-refractivity contribution in [3.8, 4) is 0 Å². The number of carboxylic acids is 1. The molecule has 1 heterocycles. The molecule has 1 fully saturated rings. The van der Waals surface area contributed by atoms with E-state index in [0.29, 0.717) is 11.7 Å². The molecule has 0 aromatic carbocycles. The van der Waals surface area contributed by atoms with Crippen LogP contribution in [0.4, 0.5) is 0 Å². The Morgan fingerprint density at radius 3 is 2.85 bits per heavy atom. The van der Waals surface area contributed by atoms with Gasteiger partial charge in [-0.2, -0.15) is 0 Å². The van der Waals surface area contributed by atoms with Gasteiger partial charge in [0.2, 0.25) is 0 Å². The predicted octanol–water partition coefficient (Wildman–Crippen LogP) is 1.31. The number of hydrogen-bond acceptors (Lipinski definition) is 3. The van der Waals surface area contributed by atoms with E-state index in [-0.39, 0.29) is 12.1 Å². The Morgan fingerprint density at radius 2 is 2.38 bits per heavy atom. The van der Waals surface area contributed by atoms with E-state index in [2.05, 4.69) is 0 Å². The van der Waals surface area contributed by atoms with E-state index in [0.717, 1.165) is 18.4 Å². The molecule has 0 spiro atoms. The Labute approximate surface area is 75.3 Å². The Kier molecular flexibility index (Phi) is 1.84. The second-order valence-electron chi connectivity index (χ2n) is 3.27. The van der Waals surface area contributed by atoms with Gasteiger partial charge in [0.25, 0.3) is 0 Å². The summed E-state index contributed by atoms with van der Waals surface area (Å²) >= 11 is 0. The number of aromatic carboxylic acids is 1. The van der Waals surface area contributed by atoms with Crippen molar-refractivity contribution in [3.05, 3.63) is 23.2 Å². The minimum absolute atomic E-state index is 0.147. The first-order valence-corrected chi connectivity index (χ1v) is 4.27. The molecule has 1 aliphatic carbocycles. The van der Waals surface area contributed by atoms with Crippen molar-refractivity contribution in [3.63, 3.8) is 0 Å². The fourth-order valence-corrected chi connectivity index (χ4v) is 1.50. The molecule has 4 nitrogen and oxygen atoms in total. The zero-order chi connectivity index (χ0) is 9.42. The summed E-state index contributed by atoms with van der Waals surface area (Å²) in [6, 6.07) is 0. The molecule has 4 heteroatoms. The maximum Gasteiger partial charge on any atom is 0.339 e. The van der Waals surface area contributed by atoms with Crippen LogP contribution in [0.15, 0.2) is 10.7 Å². The number of rotatable bonds is 3. The summed E-state index contributed by atoms with van der Waals surface area (Å²) in [4.78, 5) is 10.9. The lowest BCUT2D eigenvalue weighted by atomic mass is 10.1. The Bertz CT molecular complexity index is 339. The molecule has 1 aromatic heterocycles. The van der Waals surface area contributed by atoms with E-state index in [1.807, 2.05) is 0 Å². The van der Waals surface area contributed by atoms with Gasteiger partial charge in [-0.25, -0.2) is 4.79 Å². The van der Waals surface area contributed by atoms with Crippen LogP contribution in [-0.2, 0) is 6.54 Å². The van der Waals surface area contributed by atoms with Gasteiger partial charge >= 0.3 is 5.97 Å². The van der Waals surface area contributed by atoms with Gasteiger partial charge in [-0.15, -0.1) is 0 Å². The van der Waals surface area contributed by atoms with Crippen molar-refractivity contribution in [1.82, 2.24) is 0 Å². The number of nitrogens with two attached hydrogens (primary N) is 1. The van der Waals surface area contributed by atoms with Crippen LogP contribution in [0.1, 0.15) is 40.4 Å². The molecule has 70 valence electrons. The average Bonchev–Trinajstić information content (AvgIpc) is 2.84. The van der Waals surface area contributed by atoms with Crippen LogP contribution in [0, 0.1) is 0 Å². The highest BCUT2D eigenvalue weighted by molar-refractivity contribution is 5.90. The summed E-state index contributed by atoms with van der Waals surface area (Å²) in [5.41, 5.74) is 6.46. The molecule has 1 aromatic rings. The molecule has 0 aliphatic heterocycles. The van der Waals surface area contributed by atoms with Gasteiger partial charge in [0.05, 0.1) is 12.8 Å². The van der Waals surface area contributed by atoms with Gasteiger partial charge in [-0.3, -0.25) is 0 Å². The van der Waals surface area contributed by atoms with Crippen molar-refractivity contribution in [1.29, 1.82) is 0 Å². The Morgan fingerprint density at radius 1 is 1.69 bits per heavy atom. The van der Waals surface area contributed by atoms with E-state index in [1.54, 1.807) is 0 Å². The van der Waals surface area contributed by atoms with E-state index in [9.17, 15) is 4.79 Å². The average molecular weight is 181 g/mol. The van der Waals surface area contributed by atoms with Gasteiger partial charge in [-0.1, -0.05) is 0 Å². The number of furan rings is 1. The van der Waals surface area contributed by atoms with Gasteiger partial charge in [0.1, 0.15) is 11.3 Å². The second-order valence-corrected chi connectivity index (χ2v) is 3.27. The van der Waals surface area contributed by atoms with E-state index in [4.69, 9.17) is 15.3 Å². The lowest BCUT2D eigenvalue weighted by molar-refractivity contribution is 0.0693. The van der Waals surface area contributed by atoms with Crippen LogP contribution in [-0.4, -0.2) is 11.1 Å². The number of carbonyl (C=O) groups is 1. The topological polar surface area (TPSA) is 76.5 Å². The van der Waals surface area contributed by atoms with Crippen molar-refractivity contribution in [2.75, 3.05) is 0 Å². The molecule has 1 saturated carbocycles. The van der Waals surface area contributed by atoms with Crippen molar-refractivity contribution < 1.29 is 14.3 Å². The summed E-state index contributed by atoms with van der Waals surface area (Å²) < 4.78 is 5.10. The molecular formula is C9H11NO3. The van der Waals surface area contributed by atoms with Crippen molar-refractivity contribution in [2.45, 2.75) is 25.3 Å². The Balaban J connectivity index is 2.44. The van der Waals surface area contributed by atoms with Crippen molar-refractivity contribution >= 4 is 5.97 Å². The minimum atomic E-state index is -0.934. The highest BCUT2D eigenvalue weighted by Gasteiger charge is 2.31. The predicted molar refractivity (Wildman–Crippen MR) is 45.5 cm³/mol. The standard InChI is InChI=1S/C9H11NO3/c10-3-7-8(9(11)12)6(4-13-7)5-1-2-5/h4-5H,1-3,10H2,(H,11,12). The third-order valence-electron chi connectivity index (χ3n) is 2.31. The molecule has 0 unspecified atom stereocenters. The molecule has 0 radical (unpaired) electrons. The van der Waals surface area contributed by atoms with Gasteiger partial charge < -0.3 is 15.3 Å². The summed E-state index contributed by atoms with van der Waals surface area (Å²) in [6.45, 7) is 0.147. The fourth-order valence-electron chi connectivity index (χ4n) is 1.50. The van der Waals surface area contributed by atoms with Gasteiger partial charge in [-0.05, 0) is 18.8 Å². The molecule has 0 atom stereocenters. The van der Waals surface area contributed by atoms with Gasteiger partial charge in [0.15, 0.2) is 0 Å². The molecule has 0 bridgehead atoms. The maximum absolute atomic E-state index is 10.9. The van der Waals surface area contributed by atoms with Crippen LogP contribution < -0.4 is 5.73 Å². The number of hydrogen-bond donors (Lipinski definition) is 2. The molecule has 13 heavy (non-hydrogen) atoms. The highest BCUT2D eigenvalue weighted by Crippen LogP contribution is 2.43. The lowest BCUT2D eigenvalue weighted by Gasteiger charge is -1.96. The molecular weight excluding hydrogens is 170 g/mol. The van der Waals surface area contributed by atoms with Gasteiger partial charge in [0, 0.05) is 5.56 Å². The summed E-state index contributed by atoms with van der Waals surface area (Å²) in [7, 11) is 0. The molecule has 3 N–H and O–H groups in total. The fraction of sp³-hybridized carbons (Fsp3) is 0.444. The normalized spacial score (nSPS) is 16.1. The third kappa shape index (κ3) is 1.33. The molecule has 1 aliphatic rings. The van der Waals surface area contributed by atoms with Crippen molar-refractivity contribution in [2.24, 2.45) is 5.73 Å². The maximum atomic E-state index is 10.9. The zero-order valence-corrected chi connectivity index (χ0v) is 7.12. The number of carboxylic acid groups (broad SMARTS) is 1. The van der Waals surface area contributed by atoms with Crippen LogP contribution in [0.25, 0.3) is 0 Å². The smallest absolute Gasteiger partial charge is 0.339 e. The van der Waals surface area contributed by atoms with E-state index in [1.165, 1.54) is 6.26 Å². The first kappa shape index (κ1) is 8.31. The summed E-state index contributed by atoms with van der Waals surface area (Å²) in [6.07, 6.45) is 3.65. The van der Waals surface area contributed by atoms with E-state index >= 15 is 0 Å². The molecule has 2 rings (SSSR count). The summed E-state index contributed by atoms with van der Waals surface area (Å²) in [5, 5.41) is 8.93.